The van der Waals surface area contributed by atoms with Gasteiger partial charge in [0.05, 0.1) is 12.6 Å². The Bertz CT molecular complexity index is 1920. The van der Waals surface area contributed by atoms with Crippen molar-refractivity contribution in [3.8, 4) is 0 Å². The number of carboxylic acids is 1. The average Bonchev–Trinajstić information content (AvgIpc) is 3.62. The quantitative estimate of drug-likeness (QED) is 0.0227. The Labute approximate surface area is 356 Å². The molecule has 62 heavy (non-hydrogen) atoms. The number of amides is 7. The minimum absolute atomic E-state index is 0.0747. The van der Waals surface area contributed by atoms with Crippen molar-refractivity contribution in [2.24, 2.45) is 22.9 Å². The van der Waals surface area contributed by atoms with Gasteiger partial charge in [-0.25, -0.2) is 4.79 Å². The SMILES string of the molecule is C[C@H](NC(=O)[C@H](CO)NC(=O)[C@H](C)NC(=O)[C@H](CCCNC(=N)N)NC(=O)[C@H](CCC(N)=O)NC(=O)[C@@H](N)CCCNC(=N)N)C(=O)N[C@@H](Cc1c[nH]c2ccccc12)C(=O)O. The lowest BCUT2D eigenvalue weighted by Gasteiger charge is -2.26. The van der Waals surface area contributed by atoms with Crippen molar-refractivity contribution >= 4 is 70.1 Å². The number of rotatable bonds is 27. The number of guanidine groups is 2. The molecule has 21 N–H and O–H groups in total. The van der Waals surface area contributed by atoms with Crippen LogP contribution in [0, 0.1) is 10.8 Å². The molecule has 7 amide bonds. The molecule has 0 saturated heterocycles. The van der Waals surface area contributed by atoms with Crippen LogP contribution in [0.3, 0.4) is 0 Å². The van der Waals surface area contributed by atoms with Crippen LogP contribution < -0.4 is 65.5 Å². The number of para-hydroxylation sites is 1. The molecule has 1 heterocycles. The number of hydrogen-bond acceptors (Lipinski definition) is 12. The Balaban J connectivity index is 2.08. The molecule has 25 heteroatoms. The van der Waals surface area contributed by atoms with E-state index in [-0.39, 0.29) is 63.5 Å². The molecule has 0 aliphatic carbocycles. The third kappa shape index (κ3) is 17.7. The molecule has 0 aliphatic heterocycles. The van der Waals surface area contributed by atoms with Gasteiger partial charge in [0.1, 0.15) is 36.3 Å². The van der Waals surface area contributed by atoms with E-state index < -0.39 is 96.2 Å². The summed E-state index contributed by atoms with van der Waals surface area (Å²) in [5.74, 6) is -8.10. The van der Waals surface area contributed by atoms with E-state index in [1.54, 1.807) is 24.4 Å². The number of aromatic nitrogens is 1. The third-order valence-electron chi connectivity index (χ3n) is 9.31. The molecular weight excluding hydrogens is 815 g/mol. The van der Waals surface area contributed by atoms with E-state index in [0.29, 0.717) is 12.0 Å². The number of aliphatic carboxylic acids is 1. The molecule has 0 aliphatic rings. The van der Waals surface area contributed by atoms with Gasteiger partial charge in [0, 0.05) is 43.0 Å². The molecule has 0 unspecified atom stereocenters. The van der Waals surface area contributed by atoms with Gasteiger partial charge < -0.3 is 80.7 Å². The number of benzene rings is 1. The van der Waals surface area contributed by atoms with Gasteiger partial charge in [-0.3, -0.25) is 44.4 Å². The number of carbonyl (C=O) groups is 8. The van der Waals surface area contributed by atoms with Crippen LogP contribution in [0.4, 0.5) is 0 Å². The lowest BCUT2D eigenvalue weighted by molar-refractivity contribution is -0.142. The lowest BCUT2D eigenvalue weighted by atomic mass is 10.0. The summed E-state index contributed by atoms with van der Waals surface area (Å²) in [6.07, 6.45) is 1.52. The molecule has 342 valence electrons. The zero-order chi connectivity index (χ0) is 46.5. The molecule has 0 saturated carbocycles. The highest BCUT2D eigenvalue weighted by Gasteiger charge is 2.32. The van der Waals surface area contributed by atoms with Crippen LogP contribution in [0.2, 0.25) is 0 Å². The van der Waals surface area contributed by atoms with Gasteiger partial charge in [0.2, 0.25) is 41.4 Å². The van der Waals surface area contributed by atoms with E-state index in [1.807, 2.05) is 6.07 Å². The first-order valence-corrected chi connectivity index (χ1v) is 19.6. The molecule has 2 rings (SSSR count). The predicted molar refractivity (Wildman–Crippen MR) is 224 cm³/mol. The Kier molecular flexibility index (Phi) is 21.1. The number of aliphatic hydroxyl groups excluding tert-OH is 1. The van der Waals surface area contributed by atoms with Gasteiger partial charge in [0.15, 0.2) is 11.9 Å². The number of carboxylic acid groups (broad SMARTS) is 1. The van der Waals surface area contributed by atoms with Crippen LogP contribution in [0.1, 0.15) is 57.9 Å². The summed E-state index contributed by atoms with van der Waals surface area (Å²) in [5, 5.41) is 54.5. The number of primary amides is 1. The number of H-pyrrole nitrogens is 1. The van der Waals surface area contributed by atoms with Crippen molar-refractivity contribution in [1.82, 2.24) is 47.5 Å². The molecule has 0 bridgehead atoms. The fourth-order valence-corrected chi connectivity index (χ4v) is 5.85. The highest BCUT2D eigenvalue weighted by atomic mass is 16.4. The predicted octanol–water partition coefficient (Wildman–Crippen LogP) is -5.14. The number of nitrogens with two attached hydrogens (primary N) is 4. The Hall–Kier alpha value is -7.02. The maximum absolute atomic E-state index is 13.5. The van der Waals surface area contributed by atoms with Crippen molar-refractivity contribution in [2.75, 3.05) is 19.7 Å². The molecule has 25 nitrogen and oxygen atoms in total. The fraction of sp³-hybridized carbons (Fsp3) is 0.514. The second-order valence-corrected chi connectivity index (χ2v) is 14.4. The van der Waals surface area contributed by atoms with Crippen LogP contribution in [0.25, 0.3) is 10.9 Å². The Morgan fingerprint density at radius 3 is 1.69 bits per heavy atom. The fourth-order valence-electron chi connectivity index (χ4n) is 5.85. The molecule has 0 spiro atoms. The van der Waals surface area contributed by atoms with Crippen LogP contribution >= 0.6 is 0 Å². The largest absolute Gasteiger partial charge is 0.480 e. The summed E-state index contributed by atoms with van der Waals surface area (Å²) in [4.78, 5) is 106. The molecular formula is C37H59N15O10. The lowest BCUT2D eigenvalue weighted by Crippen LogP contribution is -2.59. The van der Waals surface area contributed by atoms with Crippen LogP contribution in [-0.2, 0) is 44.8 Å². The van der Waals surface area contributed by atoms with E-state index >= 15 is 0 Å². The number of aromatic amines is 1. The highest BCUT2D eigenvalue weighted by Crippen LogP contribution is 2.19. The topological polar surface area (TPSA) is 441 Å². The minimum atomic E-state index is -1.63. The second kappa shape index (κ2) is 25.6. The van der Waals surface area contributed by atoms with Crippen LogP contribution in [0.15, 0.2) is 30.5 Å². The van der Waals surface area contributed by atoms with Gasteiger partial charge in [-0.05, 0) is 57.6 Å². The number of hydrogen-bond donors (Lipinski definition) is 17. The summed E-state index contributed by atoms with van der Waals surface area (Å²) in [6, 6.07) is -2.36. The number of nitrogens with one attached hydrogen (secondary N) is 11. The first-order valence-electron chi connectivity index (χ1n) is 19.6. The molecule has 7 atom stereocenters. The molecule has 2 aromatic rings. The van der Waals surface area contributed by atoms with Crippen molar-refractivity contribution in [3.05, 3.63) is 36.0 Å². The van der Waals surface area contributed by atoms with Crippen molar-refractivity contribution in [3.63, 3.8) is 0 Å². The minimum Gasteiger partial charge on any atom is -0.480 e. The third-order valence-corrected chi connectivity index (χ3v) is 9.31. The molecule has 1 aromatic heterocycles. The molecule has 0 radical (unpaired) electrons. The van der Waals surface area contributed by atoms with E-state index in [1.165, 1.54) is 13.8 Å². The maximum Gasteiger partial charge on any atom is 0.326 e. The summed E-state index contributed by atoms with van der Waals surface area (Å²) in [5.41, 5.74) is 23.2. The first kappa shape index (κ1) is 51.1. The second-order valence-electron chi connectivity index (χ2n) is 14.4. The van der Waals surface area contributed by atoms with Crippen molar-refractivity contribution in [1.29, 1.82) is 10.8 Å². The normalized spacial score (nSPS) is 14.3. The smallest absolute Gasteiger partial charge is 0.326 e. The maximum atomic E-state index is 13.5. The number of fused-ring (bicyclic) bond motifs is 1. The highest BCUT2D eigenvalue weighted by molar-refractivity contribution is 5.97. The summed E-state index contributed by atoms with van der Waals surface area (Å²) >= 11 is 0. The zero-order valence-corrected chi connectivity index (χ0v) is 34.5. The monoisotopic (exact) mass is 873 g/mol. The van der Waals surface area contributed by atoms with Gasteiger partial charge >= 0.3 is 5.97 Å². The summed E-state index contributed by atoms with van der Waals surface area (Å²) < 4.78 is 0. The van der Waals surface area contributed by atoms with Gasteiger partial charge in [-0.1, -0.05) is 18.2 Å². The van der Waals surface area contributed by atoms with E-state index in [2.05, 4.69) is 47.5 Å². The van der Waals surface area contributed by atoms with E-state index in [4.69, 9.17) is 33.8 Å². The van der Waals surface area contributed by atoms with E-state index in [9.17, 15) is 48.6 Å². The average molecular weight is 874 g/mol. The van der Waals surface area contributed by atoms with Gasteiger partial charge in [-0.15, -0.1) is 0 Å². The van der Waals surface area contributed by atoms with Crippen molar-refractivity contribution in [2.45, 2.75) is 101 Å². The standard InChI is InChI=1S/C37H59N15O10/c1-18(29(55)51-26(35(61)62)15-20-16-46-23-9-4-3-7-21(20)23)48-34(60)27(17-53)52-30(56)19(2)47-32(58)24(10-6-14-45-37(42)43)50-33(59)25(11-12-28(39)54)49-31(57)22(38)8-5-13-44-36(40)41/h3-4,7,9,16,18-19,22,24-27,46,53H,5-6,8,10-15,17,38H2,1-2H3,(H2,39,54)(H,47,58)(H,48,60)(H,49,57)(H,50,59)(H,51,55)(H,52,56)(H,61,62)(H4,40,41,44)(H4,42,43,45)/t18-,19-,22-,24-,25-,26-,27-/m0/s1. The Morgan fingerprint density at radius 2 is 1.15 bits per heavy atom. The van der Waals surface area contributed by atoms with Gasteiger partial charge in [-0.2, -0.15) is 0 Å². The van der Waals surface area contributed by atoms with E-state index in [0.717, 1.165) is 10.9 Å². The van der Waals surface area contributed by atoms with Crippen LogP contribution in [0.5, 0.6) is 0 Å². The first-order chi connectivity index (χ1) is 29.2. The van der Waals surface area contributed by atoms with Crippen molar-refractivity contribution < 1.29 is 48.6 Å². The number of aliphatic hydroxyl groups is 1. The summed E-state index contributed by atoms with van der Waals surface area (Å²) in [6.45, 7) is 1.93. The Morgan fingerprint density at radius 1 is 0.661 bits per heavy atom. The molecule has 0 fully saturated rings. The molecule has 1 aromatic carbocycles. The zero-order valence-electron chi connectivity index (χ0n) is 34.5. The number of carbonyl (C=O) groups excluding carboxylic acids is 7. The van der Waals surface area contributed by atoms with Crippen LogP contribution in [-0.4, -0.2) is 136 Å². The summed E-state index contributed by atoms with van der Waals surface area (Å²) in [7, 11) is 0. The van der Waals surface area contributed by atoms with Gasteiger partial charge in [0.25, 0.3) is 0 Å².